The standard InChI is InChI=1S/C14H13N5O2S.2H2/c1-8(20)2-3-11(21)19-14-18-10(6-22-14)12-9-4-5-15-13(9)17-7-16-12;;/h4-7H,2-3H2,1H3,(H,15,16,17)(H,18,19,21);2*1H. The number of fused-ring (bicyclic) bond motifs is 1. The molecule has 0 fully saturated rings. The minimum atomic E-state index is -0.217. The van der Waals surface area contributed by atoms with Gasteiger partial charge in [-0.15, -0.1) is 11.3 Å². The Morgan fingerprint density at radius 2 is 2.23 bits per heavy atom. The molecule has 0 saturated heterocycles. The van der Waals surface area contributed by atoms with Gasteiger partial charge in [-0.25, -0.2) is 15.0 Å². The summed E-state index contributed by atoms with van der Waals surface area (Å²) in [6, 6.07) is 1.88. The van der Waals surface area contributed by atoms with E-state index in [4.69, 9.17) is 0 Å². The number of nitrogens with one attached hydrogen (secondary N) is 2. The minimum Gasteiger partial charge on any atom is -0.346 e. The highest BCUT2D eigenvalue weighted by Gasteiger charge is 2.12. The van der Waals surface area contributed by atoms with Gasteiger partial charge in [0.25, 0.3) is 0 Å². The number of ketones is 1. The van der Waals surface area contributed by atoms with E-state index in [-0.39, 0.29) is 27.4 Å². The number of carbonyl (C=O) groups is 2. The van der Waals surface area contributed by atoms with E-state index >= 15 is 0 Å². The van der Waals surface area contributed by atoms with Crippen molar-refractivity contribution >= 4 is 39.2 Å². The summed E-state index contributed by atoms with van der Waals surface area (Å²) in [5.74, 6) is -0.226. The molecule has 3 heterocycles. The van der Waals surface area contributed by atoms with Crippen LogP contribution in [0.25, 0.3) is 22.4 Å². The Morgan fingerprint density at radius 1 is 1.36 bits per heavy atom. The lowest BCUT2D eigenvalue weighted by molar-refractivity contribution is -0.121. The van der Waals surface area contributed by atoms with Crippen LogP contribution in [0, 0.1) is 0 Å². The minimum absolute atomic E-state index is 0. The third-order valence-electron chi connectivity index (χ3n) is 3.05. The zero-order chi connectivity index (χ0) is 15.5. The number of aromatic amines is 1. The lowest BCUT2D eigenvalue weighted by Gasteiger charge is -2.00. The van der Waals surface area contributed by atoms with Gasteiger partial charge in [0.05, 0.1) is 0 Å². The topological polar surface area (TPSA) is 101 Å². The van der Waals surface area contributed by atoms with Crippen LogP contribution in [0.15, 0.2) is 24.0 Å². The Hall–Kier alpha value is -2.61. The molecule has 2 N–H and O–H groups in total. The number of Topliss-reactive ketones (excluding diaryl/α,β-unsaturated/α-hetero) is 1. The van der Waals surface area contributed by atoms with Gasteiger partial charge in [0.15, 0.2) is 5.13 Å². The van der Waals surface area contributed by atoms with Crippen molar-refractivity contribution in [2.75, 3.05) is 5.32 Å². The first-order valence-electron chi connectivity index (χ1n) is 6.67. The molecule has 0 unspecified atom stereocenters. The first-order valence-corrected chi connectivity index (χ1v) is 7.55. The maximum absolute atomic E-state index is 11.7. The van der Waals surface area contributed by atoms with Crippen LogP contribution < -0.4 is 5.32 Å². The Labute approximate surface area is 132 Å². The number of amides is 1. The predicted molar refractivity (Wildman–Crippen MR) is 87.8 cm³/mol. The molecule has 0 aliphatic rings. The van der Waals surface area contributed by atoms with E-state index in [9.17, 15) is 9.59 Å². The summed E-state index contributed by atoms with van der Waals surface area (Å²) in [6.07, 6.45) is 3.66. The Kier molecular flexibility index (Phi) is 3.92. The number of rotatable bonds is 5. The zero-order valence-corrected chi connectivity index (χ0v) is 12.6. The molecule has 0 aromatic carbocycles. The fraction of sp³-hybridized carbons (Fsp3) is 0.214. The molecule has 0 spiro atoms. The summed E-state index contributed by atoms with van der Waals surface area (Å²) in [5.41, 5.74) is 2.13. The summed E-state index contributed by atoms with van der Waals surface area (Å²) in [4.78, 5) is 38.4. The lowest BCUT2D eigenvalue weighted by Crippen LogP contribution is -2.12. The quantitative estimate of drug-likeness (QED) is 0.753. The molecule has 0 aliphatic carbocycles. The molecule has 0 aliphatic heterocycles. The fourth-order valence-electron chi connectivity index (χ4n) is 1.99. The van der Waals surface area contributed by atoms with Crippen LogP contribution in [0.1, 0.15) is 22.6 Å². The Bertz CT molecular complexity index is 848. The third kappa shape index (κ3) is 3.01. The van der Waals surface area contributed by atoms with Gasteiger partial charge in [-0.05, 0) is 13.0 Å². The normalized spacial score (nSPS) is 10.8. The zero-order valence-electron chi connectivity index (χ0n) is 11.8. The number of nitrogens with zero attached hydrogens (tertiary/aromatic N) is 3. The fourth-order valence-corrected chi connectivity index (χ4v) is 2.70. The van der Waals surface area contributed by atoms with Crippen molar-refractivity contribution in [1.82, 2.24) is 19.9 Å². The predicted octanol–water partition coefficient (Wildman–Crippen LogP) is 2.88. The summed E-state index contributed by atoms with van der Waals surface area (Å²) in [7, 11) is 0. The van der Waals surface area contributed by atoms with Crippen molar-refractivity contribution in [1.29, 1.82) is 0 Å². The van der Waals surface area contributed by atoms with E-state index in [2.05, 4.69) is 25.3 Å². The van der Waals surface area contributed by atoms with Gasteiger partial charge < -0.3 is 15.1 Å². The van der Waals surface area contributed by atoms with Crippen molar-refractivity contribution in [3.05, 3.63) is 24.0 Å². The van der Waals surface area contributed by atoms with Crippen LogP contribution in [0.3, 0.4) is 0 Å². The number of H-pyrrole nitrogens is 1. The number of aromatic nitrogens is 4. The number of hydrogen-bond acceptors (Lipinski definition) is 6. The molecule has 3 aromatic rings. The summed E-state index contributed by atoms with van der Waals surface area (Å²) >= 11 is 1.32. The summed E-state index contributed by atoms with van der Waals surface area (Å²) < 4.78 is 0. The molecule has 3 aromatic heterocycles. The van der Waals surface area contributed by atoms with Crippen molar-refractivity contribution in [3.63, 3.8) is 0 Å². The highest BCUT2D eigenvalue weighted by Crippen LogP contribution is 2.28. The van der Waals surface area contributed by atoms with Gasteiger partial charge >= 0.3 is 0 Å². The van der Waals surface area contributed by atoms with Gasteiger partial charge in [-0.1, -0.05) is 0 Å². The van der Waals surface area contributed by atoms with E-state index in [1.807, 2.05) is 11.4 Å². The van der Waals surface area contributed by atoms with E-state index in [0.29, 0.717) is 16.5 Å². The third-order valence-corrected chi connectivity index (χ3v) is 3.81. The largest absolute Gasteiger partial charge is 0.346 e. The highest BCUT2D eigenvalue weighted by atomic mass is 32.1. The SMILES string of the molecule is CC(=O)CCC(=O)Nc1nc(-c2ncnc3[nH]ccc23)cs1.[HH].[HH]. The van der Waals surface area contributed by atoms with Crippen LogP contribution in [0.5, 0.6) is 0 Å². The molecule has 1 amide bonds. The van der Waals surface area contributed by atoms with Crippen molar-refractivity contribution in [3.8, 4) is 11.4 Å². The van der Waals surface area contributed by atoms with Gasteiger partial charge in [0.1, 0.15) is 29.1 Å². The van der Waals surface area contributed by atoms with Crippen LogP contribution in [-0.2, 0) is 9.59 Å². The van der Waals surface area contributed by atoms with Crippen LogP contribution in [0.2, 0.25) is 0 Å². The number of carbonyl (C=O) groups excluding carboxylic acids is 2. The van der Waals surface area contributed by atoms with Gasteiger partial charge in [-0.2, -0.15) is 0 Å². The molecule has 0 saturated carbocycles. The number of anilines is 1. The van der Waals surface area contributed by atoms with E-state index < -0.39 is 0 Å². The second kappa shape index (κ2) is 6.02. The maximum Gasteiger partial charge on any atom is 0.226 e. The Balaban J connectivity index is 0.00000144. The maximum atomic E-state index is 11.7. The summed E-state index contributed by atoms with van der Waals surface area (Å²) in [5, 5.41) is 5.89. The number of thiazole rings is 1. The Morgan fingerprint density at radius 3 is 3.05 bits per heavy atom. The first kappa shape index (κ1) is 14.3. The summed E-state index contributed by atoms with van der Waals surface area (Å²) in [6.45, 7) is 1.46. The molecule has 0 atom stereocenters. The van der Waals surface area contributed by atoms with Gasteiger partial charge in [0, 0.05) is 32.7 Å². The molecule has 7 nitrogen and oxygen atoms in total. The molecule has 3 rings (SSSR count). The lowest BCUT2D eigenvalue weighted by atomic mass is 10.2. The number of hydrogen-bond donors (Lipinski definition) is 2. The highest BCUT2D eigenvalue weighted by molar-refractivity contribution is 7.14. The van der Waals surface area contributed by atoms with Gasteiger partial charge in [-0.3, -0.25) is 4.79 Å². The van der Waals surface area contributed by atoms with Crippen molar-refractivity contribution in [2.45, 2.75) is 19.8 Å². The van der Waals surface area contributed by atoms with Crippen LogP contribution >= 0.6 is 11.3 Å². The van der Waals surface area contributed by atoms with Crippen molar-refractivity contribution in [2.24, 2.45) is 0 Å². The van der Waals surface area contributed by atoms with E-state index in [1.54, 1.807) is 6.20 Å². The average molecular weight is 319 g/mol. The molecule has 0 radical (unpaired) electrons. The molecule has 0 bridgehead atoms. The first-order chi connectivity index (χ1) is 10.6. The van der Waals surface area contributed by atoms with E-state index in [1.165, 1.54) is 24.6 Å². The smallest absolute Gasteiger partial charge is 0.226 e. The second-order valence-electron chi connectivity index (χ2n) is 4.75. The van der Waals surface area contributed by atoms with Crippen molar-refractivity contribution < 1.29 is 12.4 Å². The molecular formula is C14H17N5O2S. The second-order valence-corrected chi connectivity index (χ2v) is 5.61. The van der Waals surface area contributed by atoms with Crippen LogP contribution in [0.4, 0.5) is 5.13 Å². The average Bonchev–Trinajstić information content (AvgIpc) is 3.13. The molecule has 116 valence electrons. The van der Waals surface area contributed by atoms with Gasteiger partial charge in [0.2, 0.25) is 5.91 Å². The van der Waals surface area contributed by atoms with E-state index in [0.717, 1.165) is 11.0 Å². The van der Waals surface area contributed by atoms with Crippen LogP contribution in [-0.4, -0.2) is 31.6 Å². The monoisotopic (exact) mass is 319 g/mol. The molecular weight excluding hydrogens is 302 g/mol. The molecule has 22 heavy (non-hydrogen) atoms. The molecule has 8 heteroatoms.